The van der Waals surface area contributed by atoms with E-state index in [1.165, 1.54) is 0 Å². The fourth-order valence-electron chi connectivity index (χ4n) is 4.46. The molecule has 0 unspecified atom stereocenters. The molecule has 0 fully saturated rings. The zero-order valence-corrected chi connectivity index (χ0v) is 22.6. The van der Waals surface area contributed by atoms with Crippen LogP contribution in [0.25, 0.3) is 23.1 Å². The predicted molar refractivity (Wildman–Crippen MR) is 151 cm³/mol. The summed E-state index contributed by atoms with van der Waals surface area (Å²) in [6, 6.07) is 24.9. The Hall–Kier alpha value is -3.03. The van der Waals surface area contributed by atoms with Crippen molar-refractivity contribution in [3.8, 4) is 0 Å². The molecule has 0 aliphatic rings. The number of benzene rings is 3. The number of hydrogen-bond acceptors (Lipinski definition) is 5. The first-order valence-corrected chi connectivity index (χ1v) is 14.2. The lowest BCUT2D eigenvalue weighted by molar-refractivity contribution is 0.117. The normalized spacial score (nSPS) is 13.3. The number of fused-ring (bicyclic) bond motifs is 1. The standard InChI is InChI=1S/C30H30ClNO4S/c1-30(2,36-37(3,34)35)27-10-5-4-8-22(27)14-18-29(33)24-9-6-7-21(19-24)11-16-26-17-13-23-12-15-25(31)20-28(23)32-26/h4-13,15-17,19-20,29,33H,14,18H2,1-3H3/t29-/m0/s1. The zero-order chi connectivity index (χ0) is 26.6. The average molecular weight is 536 g/mol. The van der Waals surface area contributed by atoms with Gasteiger partial charge < -0.3 is 5.11 Å². The van der Waals surface area contributed by atoms with E-state index >= 15 is 0 Å². The highest BCUT2D eigenvalue weighted by molar-refractivity contribution is 7.86. The number of hydrogen-bond donors (Lipinski definition) is 1. The first kappa shape index (κ1) is 27.0. The van der Waals surface area contributed by atoms with Crippen molar-refractivity contribution in [3.63, 3.8) is 0 Å². The van der Waals surface area contributed by atoms with Crippen LogP contribution in [-0.4, -0.2) is 24.8 Å². The van der Waals surface area contributed by atoms with Gasteiger partial charge in [0.25, 0.3) is 10.1 Å². The molecule has 0 bridgehead atoms. The first-order valence-electron chi connectivity index (χ1n) is 12.0. The predicted octanol–water partition coefficient (Wildman–Crippen LogP) is 6.94. The van der Waals surface area contributed by atoms with Crippen LogP contribution in [0, 0.1) is 0 Å². The molecule has 0 aliphatic heterocycles. The van der Waals surface area contributed by atoms with Crippen molar-refractivity contribution in [1.29, 1.82) is 0 Å². The fraction of sp³-hybridized carbons (Fsp3) is 0.233. The maximum Gasteiger partial charge on any atom is 0.265 e. The zero-order valence-electron chi connectivity index (χ0n) is 21.1. The lowest BCUT2D eigenvalue weighted by Crippen LogP contribution is -2.26. The van der Waals surface area contributed by atoms with Gasteiger partial charge in [0, 0.05) is 10.4 Å². The van der Waals surface area contributed by atoms with Crippen molar-refractivity contribution in [2.75, 3.05) is 6.26 Å². The number of pyridine rings is 1. The quantitative estimate of drug-likeness (QED) is 0.235. The number of aliphatic hydroxyl groups is 1. The number of aliphatic hydroxyl groups excluding tert-OH is 1. The summed E-state index contributed by atoms with van der Waals surface area (Å²) >= 11 is 6.10. The van der Waals surface area contributed by atoms with Gasteiger partial charge in [-0.25, -0.2) is 4.98 Å². The third-order valence-electron chi connectivity index (χ3n) is 6.13. The minimum absolute atomic E-state index is 0.478. The van der Waals surface area contributed by atoms with Gasteiger partial charge >= 0.3 is 0 Å². The SMILES string of the molecule is CC(C)(OS(C)(=O)=O)c1ccccc1CC[C@H](O)c1cccc(C=Cc2ccc3ccc(Cl)cc3n2)c1. The van der Waals surface area contributed by atoms with Gasteiger partial charge in [0.15, 0.2) is 0 Å². The van der Waals surface area contributed by atoms with Gasteiger partial charge in [0.05, 0.1) is 23.6 Å². The van der Waals surface area contributed by atoms with Crippen molar-refractivity contribution in [2.45, 2.75) is 38.4 Å². The van der Waals surface area contributed by atoms with Crippen molar-refractivity contribution < 1.29 is 17.7 Å². The van der Waals surface area contributed by atoms with E-state index in [0.717, 1.165) is 45.1 Å². The maximum atomic E-state index is 11.8. The number of nitrogens with zero attached hydrogens (tertiary/aromatic N) is 1. The number of aryl methyl sites for hydroxylation is 1. The summed E-state index contributed by atoms with van der Waals surface area (Å²) < 4.78 is 28.8. The Bertz CT molecular complexity index is 1550. The molecule has 1 aromatic heterocycles. The van der Waals surface area contributed by atoms with Crippen molar-refractivity contribution in [3.05, 3.63) is 112 Å². The molecule has 7 heteroatoms. The highest BCUT2D eigenvalue weighted by atomic mass is 35.5. The van der Waals surface area contributed by atoms with E-state index in [-0.39, 0.29) is 0 Å². The summed E-state index contributed by atoms with van der Waals surface area (Å²) in [6.45, 7) is 3.47. The molecule has 0 aliphatic carbocycles. The summed E-state index contributed by atoms with van der Waals surface area (Å²) in [5, 5.41) is 12.6. The minimum Gasteiger partial charge on any atom is -0.388 e. The van der Waals surface area contributed by atoms with E-state index in [0.29, 0.717) is 17.9 Å². The van der Waals surface area contributed by atoms with Crippen LogP contribution in [0.2, 0.25) is 5.02 Å². The molecule has 1 atom stereocenters. The van der Waals surface area contributed by atoms with Gasteiger partial charge in [-0.1, -0.05) is 72.3 Å². The molecule has 37 heavy (non-hydrogen) atoms. The second-order valence-electron chi connectivity index (χ2n) is 9.59. The van der Waals surface area contributed by atoms with Crippen LogP contribution in [0.1, 0.15) is 54.3 Å². The topological polar surface area (TPSA) is 76.5 Å². The van der Waals surface area contributed by atoms with Crippen molar-refractivity contribution in [2.24, 2.45) is 0 Å². The molecule has 0 spiro atoms. The molecule has 1 heterocycles. The van der Waals surface area contributed by atoms with Crippen LogP contribution >= 0.6 is 11.6 Å². The van der Waals surface area contributed by atoms with Gasteiger partial charge in [-0.2, -0.15) is 8.42 Å². The van der Waals surface area contributed by atoms with E-state index in [9.17, 15) is 13.5 Å². The van der Waals surface area contributed by atoms with Crippen LogP contribution in [0.3, 0.4) is 0 Å². The summed E-state index contributed by atoms with van der Waals surface area (Å²) in [4.78, 5) is 4.65. The van der Waals surface area contributed by atoms with Gasteiger partial charge in [-0.05, 0) is 79.3 Å². The molecule has 3 aromatic carbocycles. The molecular formula is C30H30ClNO4S. The lowest BCUT2D eigenvalue weighted by Gasteiger charge is -2.27. The molecule has 5 nitrogen and oxygen atoms in total. The molecule has 1 N–H and O–H groups in total. The van der Waals surface area contributed by atoms with Gasteiger partial charge in [-0.3, -0.25) is 4.18 Å². The molecule has 192 valence electrons. The Morgan fingerprint density at radius 3 is 2.54 bits per heavy atom. The molecule has 0 saturated carbocycles. The van der Waals surface area contributed by atoms with E-state index < -0.39 is 21.8 Å². The minimum atomic E-state index is -3.63. The number of rotatable bonds is 9. The van der Waals surface area contributed by atoms with Gasteiger partial charge in [0.1, 0.15) is 5.60 Å². The number of aromatic nitrogens is 1. The Labute approximate surface area is 223 Å². The summed E-state index contributed by atoms with van der Waals surface area (Å²) in [5.74, 6) is 0. The van der Waals surface area contributed by atoms with Crippen molar-refractivity contribution >= 4 is 44.8 Å². The van der Waals surface area contributed by atoms with Crippen molar-refractivity contribution in [1.82, 2.24) is 4.98 Å². The highest BCUT2D eigenvalue weighted by Crippen LogP contribution is 2.31. The fourth-order valence-corrected chi connectivity index (χ4v) is 5.47. The Balaban J connectivity index is 1.47. The summed E-state index contributed by atoms with van der Waals surface area (Å²) in [5.41, 5.74) is 4.13. The summed E-state index contributed by atoms with van der Waals surface area (Å²) in [7, 11) is -3.63. The lowest BCUT2D eigenvalue weighted by atomic mass is 9.90. The second-order valence-corrected chi connectivity index (χ2v) is 11.6. The second kappa shape index (κ2) is 11.2. The average Bonchev–Trinajstić information content (AvgIpc) is 2.84. The molecule has 4 aromatic rings. The third kappa shape index (κ3) is 7.27. The van der Waals surface area contributed by atoms with Crippen LogP contribution in [0.15, 0.2) is 78.9 Å². The van der Waals surface area contributed by atoms with Crippen LogP contribution < -0.4 is 0 Å². The monoisotopic (exact) mass is 535 g/mol. The van der Waals surface area contributed by atoms with Gasteiger partial charge in [0.2, 0.25) is 0 Å². The van der Waals surface area contributed by atoms with Crippen LogP contribution in [0.4, 0.5) is 0 Å². The smallest absolute Gasteiger partial charge is 0.265 e. The highest BCUT2D eigenvalue weighted by Gasteiger charge is 2.28. The molecule has 4 rings (SSSR count). The Morgan fingerprint density at radius 1 is 1.00 bits per heavy atom. The number of halogens is 1. The Morgan fingerprint density at radius 2 is 1.76 bits per heavy atom. The Kier molecular flexibility index (Phi) is 8.14. The first-order chi connectivity index (χ1) is 17.5. The van der Waals surface area contributed by atoms with E-state index in [1.54, 1.807) is 13.8 Å². The maximum absolute atomic E-state index is 11.8. The van der Waals surface area contributed by atoms with Crippen LogP contribution in [0.5, 0.6) is 0 Å². The van der Waals surface area contributed by atoms with E-state index in [2.05, 4.69) is 4.98 Å². The van der Waals surface area contributed by atoms with Gasteiger partial charge in [-0.15, -0.1) is 0 Å². The molecule has 0 saturated heterocycles. The largest absolute Gasteiger partial charge is 0.388 e. The molecule has 0 amide bonds. The summed E-state index contributed by atoms with van der Waals surface area (Å²) in [6.07, 6.45) is 5.32. The third-order valence-corrected chi connectivity index (χ3v) is 7.09. The molecule has 0 radical (unpaired) electrons. The van der Waals surface area contributed by atoms with E-state index in [4.69, 9.17) is 15.8 Å². The van der Waals surface area contributed by atoms with E-state index in [1.807, 2.05) is 91.0 Å². The molecular weight excluding hydrogens is 506 g/mol. The van der Waals surface area contributed by atoms with Crippen LogP contribution in [-0.2, 0) is 26.3 Å².